The predicted molar refractivity (Wildman–Crippen MR) is 89.3 cm³/mol. The number of rotatable bonds is 4. The third kappa shape index (κ3) is 3.55. The molecule has 0 spiro atoms. The quantitative estimate of drug-likeness (QED) is 0.723. The standard InChI is InChI=1S/C14H16BrN3O2S/c1-9-3-5-11(15)13(7-9)18-14-8-10(4-6-12(14)16)21(19,20)17-2/h3-8,17-18H,16H2,1-2H3. The molecular weight excluding hydrogens is 354 g/mol. The summed E-state index contributed by atoms with van der Waals surface area (Å²) >= 11 is 3.45. The van der Waals surface area contributed by atoms with Crippen LogP contribution in [-0.4, -0.2) is 15.5 Å². The summed E-state index contributed by atoms with van der Waals surface area (Å²) in [6.45, 7) is 1.98. The van der Waals surface area contributed by atoms with E-state index in [2.05, 4.69) is 26.0 Å². The Balaban J connectivity index is 2.45. The number of nitrogens with one attached hydrogen (secondary N) is 2. The molecule has 0 amide bonds. The van der Waals surface area contributed by atoms with E-state index >= 15 is 0 Å². The van der Waals surface area contributed by atoms with Crippen molar-refractivity contribution in [3.05, 3.63) is 46.4 Å². The second-order valence-corrected chi connectivity index (χ2v) is 7.31. The van der Waals surface area contributed by atoms with Crippen LogP contribution in [0.15, 0.2) is 45.8 Å². The maximum atomic E-state index is 11.8. The number of aryl methyl sites for hydroxylation is 1. The molecule has 0 aromatic heterocycles. The van der Waals surface area contributed by atoms with E-state index in [-0.39, 0.29) is 4.90 Å². The summed E-state index contributed by atoms with van der Waals surface area (Å²) < 4.78 is 26.9. The van der Waals surface area contributed by atoms with Gasteiger partial charge >= 0.3 is 0 Å². The molecule has 0 fully saturated rings. The summed E-state index contributed by atoms with van der Waals surface area (Å²) in [5, 5.41) is 3.15. The van der Waals surface area contributed by atoms with Gasteiger partial charge in [0.15, 0.2) is 0 Å². The fourth-order valence-corrected chi connectivity index (χ4v) is 2.91. The SMILES string of the molecule is CNS(=O)(=O)c1ccc(N)c(Nc2cc(C)ccc2Br)c1. The smallest absolute Gasteiger partial charge is 0.240 e. The molecule has 4 N–H and O–H groups in total. The van der Waals surface area contributed by atoms with Crippen molar-refractivity contribution in [3.63, 3.8) is 0 Å². The Kier molecular flexibility index (Phi) is 4.55. The van der Waals surface area contributed by atoms with Crippen LogP contribution in [0.5, 0.6) is 0 Å². The van der Waals surface area contributed by atoms with Gasteiger partial charge in [-0.25, -0.2) is 13.1 Å². The van der Waals surface area contributed by atoms with Crippen LogP contribution in [0.25, 0.3) is 0 Å². The van der Waals surface area contributed by atoms with Crippen LogP contribution in [0.2, 0.25) is 0 Å². The van der Waals surface area contributed by atoms with Gasteiger partial charge < -0.3 is 11.1 Å². The highest BCUT2D eigenvalue weighted by Gasteiger charge is 2.13. The number of nitrogen functional groups attached to an aromatic ring is 1. The van der Waals surface area contributed by atoms with E-state index in [1.807, 2.05) is 25.1 Å². The Labute approximate surface area is 132 Å². The van der Waals surface area contributed by atoms with Crippen molar-refractivity contribution in [1.82, 2.24) is 4.72 Å². The molecule has 0 heterocycles. The molecule has 112 valence electrons. The molecule has 0 aliphatic carbocycles. The molecular formula is C14H16BrN3O2S. The van der Waals surface area contributed by atoms with Gasteiger partial charge in [0.1, 0.15) is 0 Å². The van der Waals surface area contributed by atoms with Crippen molar-refractivity contribution in [2.75, 3.05) is 18.1 Å². The molecule has 2 aromatic rings. The average molecular weight is 370 g/mol. The Morgan fingerprint density at radius 1 is 1.10 bits per heavy atom. The van der Waals surface area contributed by atoms with Gasteiger partial charge in [-0.05, 0) is 65.8 Å². The van der Waals surface area contributed by atoms with Gasteiger partial charge in [-0.2, -0.15) is 0 Å². The fourth-order valence-electron chi connectivity index (χ4n) is 1.81. The van der Waals surface area contributed by atoms with E-state index in [1.165, 1.54) is 19.2 Å². The van der Waals surface area contributed by atoms with Gasteiger partial charge in [-0.15, -0.1) is 0 Å². The summed E-state index contributed by atoms with van der Waals surface area (Å²) in [4.78, 5) is 0.158. The van der Waals surface area contributed by atoms with Gasteiger partial charge in [0.05, 0.1) is 22.0 Å². The first kappa shape index (κ1) is 15.8. The zero-order valence-corrected chi connectivity index (χ0v) is 14.0. The summed E-state index contributed by atoms with van der Waals surface area (Å²) in [5.41, 5.74) is 8.83. The monoisotopic (exact) mass is 369 g/mol. The Hall–Kier alpha value is -1.57. The van der Waals surface area contributed by atoms with Crippen molar-refractivity contribution in [3.8, 4) is 0 Å². The summed E-state index contributed by atoms with van der Waals surface area (Å²) in [6.07, 6.45) is 0. The molecule has 0 radical (unpaired) electrons. The highest BCUT2D eigenvalue weighted by Crippen LogP contribution is 2.31. The van der Waals surface area contributed by atoms with Crippen LogP contribution in [0.4, 0.5) is 17.1 Å². The number of sulfonamides is 1. The van der Waals surface area contributed by atoms with E-state index in [0.717, 1.165) is 15.7 Å². The van der Waals surface area contributed by atoms with E-state index < -0.39 is 10.0 Å². The summed E-state index contributed by atoms with van der Waals surface area (Å²) in [6, 6.07) is 10.4. The van der Waals surface area contributed by atoms with E-state index in [9.17, 15) is 8.42 Å². The second-order valence-electron chi connectivity index (χ2n) is 4.56. The highest BCUT2D eigenvalue weighted by atomic mass is 79.9. The van der Waals surface area contributed by atoms with Gasteiger partial charge in [0.2, 0.25) is 10.0 Å². The number of anilines is 3. The largest absolute Gasteiger partial charge is 0.397 e. The lowest BCUT2D eigenvalue weighted by Crippen LogP contribution is -2.18. The average Bonchev–Trinajstić information content (AvgIpc) is 2.45. The van der Waals surface area contributed by atoms with Crippen molar-refractivity contribution < 1.29 is 8.42 Å². The van der Waals surface area contributed by atoms with Crippen molar-refractivity contribution >= 4 is 43.0 Å². The van der Waals surface area contributed by atoms with Crippen LogP contribution in [0.1, 0.15) is 5.56 Å². The topological polar surface area (TPSA) is 84.2 Å². The van der Waals surface area contributed by atoms with Crippen LogP contribution in [0.3, 0.4) is 0 Å². The maximum absolute atomic E-state index is 11.8. The molecule has 0 saturated carbocycles. The second kappa shape index (κ2) is 6.05. The third-order valence-corrected chi connectivity index (χ3v) is 5.10. The van der Waals surface area contributed by atoms with E-state index in [0.29, 0.717) is 11.4 Å². The predicted octanol–water partition coefficient (Wildman–Crippen LogP) is 2.99. The van der Waals surface area contributed by atoms with Gasteiger partial charge in [-0.3, -0.25) is 0 Å². The van der Waals surface area contributed by atoms with Crippen LogP contribution in [-0.2, 0) is 10.0 Å². The zero-order chi connectivity index (χ0) is 15.6. The zero-order valence-electron chi connectivity index (χ0n) is 11.6. The van der Waals surface area contributed by atoms with Crippen molar-refractivity contribution in [2.45, 2.75) is 11.8 Å². The first-order valence-corrected chi connectivity index (χ1v) is 8.47. The van der Waals surface area contributed by atoms with E-state index in [1.54, 1.807) is 6.07 Å². The molecule has 5 nitrogen and oxygen atoms in total. The molecule has 7 heteroatoms. The van der Waals surface area contributed by atoms with Gasteiger partial charge in [0, 0.05) is 4.47 Å². The summed E-state index contributed by atoms with van der Waals surface area (Å²) in [5.74, 6) is 0. The Morgan fingerprint density at radius 2 is 1.81 bits per heavy atom. The Morgan fingerprint density at radius 3 is 2.48 bits per heavy atom. The minimum atomic E-state index is -3.51. The minimum Gasteiger partial charge on any atom is -0.397 e. The molecule has 0 atom stereocenters. The van der Waals surface area contributed by atoms with Gasteiger partial charge in [-0.1, -0.05) is 6.07 Å². The number of halogens is 1. The van der Waals surface area contributed by atoms with Crippen LogP contribution < -0.4 is 15.8 Å². The fraction of sp³-hybridized carbons (Fsp3) is 0.143. The minimum absolute atomic E-state index is 0.158. The number of hydrogen-bond acceptors (Lipinski definition) is 4. The van der Waals surface area contributed by atoms with Crippen LogP contribution in [0, 0.1) is 6.92 Å². The molecule has 0 unspecified atom stereocenters. The number of benzene rings is 2. The Bertz CT molecular complexity index is 776. The molecule has 2 rings (SSSR count). The first-order valence-electron chi connectivity index (χ1n) is 6.20. The van der Waals surface area contributed by atoms with Crippen molar-refractivity contribution in [1.29, 1.82) is 0 Å². The lowest BCUT2D eigenvalue weighted by molar-refractivity contribution is 0.588. The normalized spacial score (nSPS) is 11.4. The lowest BCUT2D eigenvalue weighted by Gasteiger charge is -2.13. The number of hydrogen-bond donors (Lipinski definition) is 3. The molecule has 21 heavy (non-hydrogen) atoms. The van der Waals surface area contributed by atoms with E-state index in [4.69, 9.17) is 5.73 Å². The molecule has 0 bridgehead atoms. The molecule has 0 aliphatic rings. The first-order chi connectivity index (χ1) is 9.83. The molecule has 2 aromatic carbocycles. The highest BCUT2D eigenvalue weighted by molar-refractivity contribution is 9.10. The molecule has 0 saturated heterocycles. The van der Waals surface area contributed by atoms with Crippen molar-refractivity contribution in [2.24, 2.45) is 0 Å². The third-order valence-electron chi connectivity index (χ3n) is 2.99. The molecule has 0 aliphatic heterocycles. The maximum Gasteiger partial charge on any atom is 0.240 e. The lowest BCUT2D eigenvalue weighted by atomic mass is 10.2. The van der Waals surface area contributed by atoms with Crippen LogP contribution >= 0.6 is 15.9 Å². The number of nitrogens with two attached hydrogens (primary N) is 1. The van der Waals surface area contributed by atoms with Gasteiger partial charge in [0.25, 0.3) is 0 Å². The summed E-state index contributed by atoms with van der Waals surface area (Å²) in [7, 11) is -2.13.